The second-order valence-electron chi connectivity index (χ2n) is 7.30. The number of morpholine rings is 1. The maximum atomic E-state index is 12.4. The molecule has 0 radical (unpaired) electrons. The summed E-state index contributed by atoms with van der Waals surface area (Å²) in [5, 5.41) is 2.96. The van der Waals surface area contributed by atoms with Gasteiger partial charge in [0.15, 0.2) is 11.5 Å². The molecule has 0 aromatic heterocycles. The molecule has 8 heteroatoms. The number of nitrogens with one attached hydrogen (secondary N) is 1. The number of amides is 1. The van der Waals surface area contributed by atoms with Crippen LogP contribution in [-0.2, 0) is 9.53 Å². The summed E-state index contributed by atoms with van der Waals surface area (Å²) in [7, 11) is 1.37. The van der Waals surface area contributed by atoms with Crippen LogP contribution in [-0.4, -0.2) is 63.4 Å². The van der Waals surface area contributed by atoms with Crippen LogP contribution in [0.5, 0.6) is 11.5 Å². The predicted molar refractivity (Wildman–Crippen MR) is 107 cm³/mol. The highest BCUT2D eigenvalue weighted by molar-refractivity contribution is 5.91. The van der Waals surface area contributed by atoms with Gasteiger partial charge in [-0.25, -0.2) is 0 Å². The number of ether oxygens (including phenoxy) is 3. The smallest absolute Gasteiger partial charge is 0.387 e. The highest BCUT2D eigenvalue weighted by atomic mass is 19.3. The summed E-state index contributed by atoms with van der Waals surface area (Å²) in [6.07, 6.45) is 4.02. The molecule has 0 aliphatic carbocycles. The van der Waals surface area contributed by atoms with E-state index >= 15 is 0 Å². The third kappa shape index (κ3) is 7.98. The first-order valence-electron chi connectivity index (χ1n) is 9.79. The van der Waals surface area contributed by atoms with E-state index in [9.17, 15) is 13.6 Å². The molecule has 1 N–H and O–H groups in total. The molecular formula is C21H30F2N2O4. The van der Waals surface area contributed by atoms with Gasteiger partial charge < -0.3 is 19.5 Å². The Kier molecular flexibility index (Phi) is 9.34. The van der Waals surface area contributed by atoms with Crippen molar-refractivity contribution in [3.63, 3.8) is 0 Å². The molecule has 1 atom stereocenters. The second-order valence-corrected chi connectivity index (χ2v) is 7.30. The summed E-state index contributed by atoms with van der Waals surface area (Å²) in [5.41, 5.74) is 0.644. The number of nitrogens with zero attached hydrogens (tertiary/aromatic N) is 1. The summed E-state index contributed by atoms with van der Waals surface area (Å²) >= 11 is 0. The van der Waals surface area contributed by atoms with Gasteiger partial charge in [-0.15, -0.1) is 0 Å². The first kappa shape index (κ1) is 23.1. The Morgan fingerprint density at radius 3 is 2.62 bits per heavy atom. The molecule has 1 saturated heterocycles. The lowest BCUT2D eigenvalue weighted by atomic mass is 10.0. The first-order valence-corrected chi connectivity index (χ1v) is 9.79. The summed E-state index contributed by atoms with van der Waals surface area (Å²) in [6, 6.07) is 4.78. The lowest BCUT2D eigenvalue weighted by Crippen LogP contribution is -2.49. The maximum absolute atomic E-state index is 12.4. The Balaban J connectivity index is 1.93. The molecule has 29 heavy (non-hydrogen) atoms. The quantitative estimate of drug-likeness (QED) is 0.598. The van der Waals surface area contributed by atoms with Gasteiger partial charge in [-0.3, -0.25) is 9.69 Å². The minimum atomic E-state index is -2.93. The van der Waals surface area contributed by atoms with Crippen molar-refractivity contribution in [3.8, 4) is 11.5 Å². The fraction of sp³-hybridized carbons (Fsp3) is 0.571. The van der Waals surface area contributed by atoms with Crippen LogP contribution in [0.2, 0.25) is 0 Å². The van der Waals surface area contributed by atoms with E-state index in [0.29, 0.717) is 18.0 Å². The highest BCUT2D eigenvalue weighted by Gasteiger charge is 2.22. The Labute approximate surface area is 170 Å². The number of carbonyl (C=O) groups excluding carboxylic acids is 1. The van der Waals surface area contributed by atoms with Crippen molar-refractivity contribution in [2.75, 3.05) is 40.0 Å². The summed E-state index contributed by atoms with van der Waals surface area (Å²) < 4.78 is 39.7. The lowest BCUT2D eigenvalue weighted by molar-refractivity contribution is -0.116. The zero-order chi connectivity index (χ0) is 21.2. The molecule has 1 heterocycles. The van der Waals surface area contributed by atoms with Crippen LogP contribution in [0, 0.1) is 5.92 Å². The molecule has 1 aliphatic heterocycles. The molecule has 2 rings (SSSR count). The molecule has 1 aromatic rings. The van der Waals surface area contributed by atoms with Crippen molar-refractivity contribution in [3.05, 3.63) is 29.8 Å². The zero-order valence-corrected chi connectivity index (χ0v) is 17.2. The number of hydrogen-bond acceptors (Lipinski definition) is 5. The maximum Gasteiger partial charge on any atom is 0.387 e. The number of methoxy groups -OCH3 is 1. The molecular weight excluding hydrogens is 382 g/mol. The van der Waals surface area contributed by atoms with Crippen LogP contribution in [0.25, 0.3) is 6.08 Å². The monoisotopic (exact) mass is 412 g/mol. The van der Waals surface area contributed by atoms with Gasteiger partial charge in [0.2, 0.25) is 5.91 Å². The topological polar surface area (TPSA) is 60.0 Å². The van der Waals surface area contributed by atoms with Crippen LogP contribution in [0.15, 0.2) is 24.3 Å². The van der Waals surface area contributed by atoms with Crippen molar-refractivity contribution in [2.24, 2.45) is 5.92 Å². The highest BCUT2D eigenvalue weighted by Crippen LogP contribution is 2.29. The first-order chi connectivity index (χ1) is 13.9. The SMILES string of the molecule is COc1cc(/C=C/C(=O)NCC(CC(C)C)N2CCOCC2)ccc1OC(F)F. The lowest BCUT2D eigenvalue weighted by Gasteiger charge is -2.35. The van der Waals surface area contributed by atoms with Gasteiger partial charge in [0, 0.05) is 31.8 Å². The third-order valence-corrected chi connectivity index (χ3v) is 4.65. The summed E-state index contributed by atoms with van der Waals surface area (Å²) in [4.78, 5) is 14.6. The normalized spacial score (nSPS) is 16.4. The minimum absolute atomic E-state index is 0.0499. The predicted octanol–water partition coefficient (Wildman–Crippen LogP) is 3.17. The van der Waals surface area contributed by atoms with E-state index in [1.165, 1.54) is 25.3 Å². The number of halogens is 2. The van der Waals surface area contributed by atoms with Crippen molar-refractivity contribution < 1.29 is 27.8 Å². The van der Waals surface area contributed by atoms with E-state index in [1.807, 2.05) is 0 Å². The third-order valence-electron chi connectivity index (χ3n) is 4.65. The Hall–Kier alpha value is -2.19. The van der Waals surface area contributed by atoms with Crippen LogP contribution >= 0.6 is 0 Å². The number of hydrogen-bond donors (Lipinski definition) is 1. The van der Waals surface area contributed by atoms with Crippen LogP contribution in [0.3, 0.4) is 0 Å². The van der Waals surface area contributed by atoms with E-state index in [4.69, 9.17) is 9.47 Å². The zero-order valence-electron chi connectivity index (χ0n) is 17.2. The van der Waals surface area contributed by atoms with Gasteiger partial charge in [-0.05, 0) is 36.1 Å². The van der Waals surface area contributed by atoms with Crippen molar-refractivity contribution >= 4 is 12.0 Å². The van der Waals surface area contributed by atoms with E-state index in [2.05, 4.69) is 28.8 Å². The van der Waals surface area contributed by atoms with Crippen LogP contribution < -0.4 is 14.8 Å². The van der Waals surface area contributed by atoms with Crippen molar-refractivity contribution in [1.82, 2.24) is 10.2 Å². The van der Waals surface area contributed by atoms with Gasteiger partial charge >= 0.3 is 6.61 Å². The Morgan fingerprint density at radius 1 is 1.28 bits per heavy atom. The molecule has 162 valence electrons. The number of carbonyl (C=O) groups is 1. The van der Waals surface area contributed by atoms with Gasteiger partial charge in [0.1, 0.15) is 0 Å². The van der Waals surface area contributed by atoms with Gasteiger partial charge in [0.05, 0.1) is 20.3 Å². The van der Waals surface area contributed by atoms with E-state index in [-0.39, 0.29) is 23.4 Å². The second kappa shape index (κ2) is 11.7. The molecule has 0 spiro atoms. The van der Waals surface area contributed by atoms with E-state index in [0.717, 1.165) is 32.7 Å². The minimum Gasteiger partial charge on any atom is -0.493 e. The van der Waals surface area contributed by atoms with Crippen molar-refractivity contribution in [1.29, 1.82) is 0 Å². The fourth-order valence-corrected chi connectivity index (χ4v) is 3.28. The van der Waals surface area contributed by atoms with Gasteiger partial charge in [-0.2, -0.15) is 8.78 Å². The largest absolute Gasteiger partial charge is 0.493 e. The molecule has 1 unspecified atom stereocenters. The fourth-order valence-electron chi connectivity index (χ4n) is 3.28. The number of rotatable bonds is 10. The van der Waals surface area contributed by atoms with Gasteiger partial charge in [0.25, 0.3) is 0 Å². The molecule has 0 bridgehead atoms. The van der Waals surface area contributed by atoms with Crippen molar-refractivity contribution in [2.45, 2.75) is 32.9 Å². The average molecular weight is 412 g/mol. The standard InChI is InChI=1S/C21H30F2N2O4/c1-15(2)12-17(25-8-10-28-11-9-25)14-24-20(26)7-5-16-4-6-18(29-21(22)23)19(13-16)27-3/h4-7,13,15,17,21H,8-12,14H2,1-3H3,(H,24,26)/b7-5+. The van der Waals surface area contributed by atoms with E-state index < -0.39 is 6.61 Å². The van der Waals surface area contributed by atoms with Crippen LogP contribution in [0.4, 0.5) is 8.78 Å². The molecule has 1 fully saturated rings. The summed E-state index contributed by atoms with van der Waals surface area (Å²) in [6.45, 7) is 5.15. The molecule has 6 nitrogen and oxygen atoms in total. The number of benzene rings is 1. The molecule has 1 aliphatic rings. The summed E-state index contributed by atoms with van der Waals surface area (Å²) in [5.74, 6) is 0.443. The van der Waals surface area contributed by atoms with E-state index in [1.54, 1.807) is 12.1 Å². The van der Waals surface area contributed by atoms with Crippen LogP contribution in [0.1, 0.15) is 25.8 Å². The molecule has 1 aromatic carbocycles. The number of alkyl halides is 2. The Morgan fingerprint density at radius 2 is 2.00 bits per heavy atom. The average Bonchev–Trinajstić information content (AvgIpc) is 2.70. The van der Waals surface area contributed by atoms with Gasteiger partial charge in [-0.1, -0.05) is 19.9 Å². The molecule has 1 amide bonds. The molecule has 0 saturated carbocycles. The Bertz CT molecular complexity index is 677.